The number of methoxy groups -OCH3 is 1. The fraction of sp³-hybridized carbons (Fsp3) is 0.348. The first kappa shape index (κ1) is 20.3. The molecule has 4 nitrogen and oxygen atoms in total. The minimum Gasteiger partial charge on any atom is -0.497 e. The molecule has 0 saturated carbocycles. The van der Waals surface area contributed by atoms with Gasteiger partial charge in [0.2, 0.25) is 0 Å². The van der Waals surface area contributed by atoms with Crippen molar-refractivity contribution in [3.8, 4) is 5.75 Å². The lowest BCUT2D eigenvalue weighted by atomic mass is 9.93. The van der Waals surface area contributed by atoms with Crippen LogP contribution in [0.15, 0.2) is 43.1 Å². The highest BCUT2D eigenvalue weighted by Crippen LogP contribution is 2.39. The normalized spacial score (nSPS) is 15.9. The van der Waals surface area contributed by atoms with E-state index in [-0.39, 0.29) is 18.4 Å². The number of allylic oxidation sites excluding steroid dienone is 1. The maximum absolute atomic E-state index is 5.46. The van der Waals surface area contributed by atoms with Crippen molar-refractivity contribution in [2.24, 2.45) is 0 Å². The van der Waals surface area contributed by atoms with Crippen LogP contribution < -0.4 is 9.64 Å². The summed E-state index contributed by atoms with van der Waals surface area (Å²) in [5, 5.41) is 1.28. The molecular weight excluding hydrogens is 370 g/mol. The molecule has 1 aliphatic rings. The lowest BCUT2D eigenvalue weighted by Crippen LogP contribution is -2.35. The predicted molar refractivity (Wildman–Crippen MR) is 119 cm³/mol. The summed E-state index contributed by atoms with van der Waals surface area (Å²) >= 11 is 0. The molecule has 2 aromatic heterocycles. The Balaban J connectivity index is 0.00000225. The predicted octanol–water partition coefficient (Wildman–Crippen LogP) is 5.39. The number of ether oxygens (including phenoxy) is 1. The topological polar surface area (TPSA) is 30.3 Å². The van der Waals surface area contributed by atoms with Crippen molar-refractivity contribution in [3.63, 3.8) is 0 Å². The lowest BCUT2D eigenvalue weighted by molar-refractivity contribution is 0.413. The minimum atomic E-state index is 0. The van der Waals surface area contributed by atoms with Gasteiger partial charge in [-0.25, -0.2) is 4.98 Å². The lowest BCUT2D eigenvalue weighted by Gasteiger charge is -2.37. The second-order valence-electron chi connectivity index (χ2n) is 7.32. The summed E-state index contributed by atoms with van der Waals surface area (Å²) in [5.41, 5.74) is 6.55. The second kappa shape index (κ2) is 7.88. The van der Waals surface area contributed by atoms with Crippen molar-refractivity contribution in [1.82, 2.24) is 9.55 Å². The van der Waals surface area contributed by atoms with Gasteiger partial charge in [-0.1, -0.05) is 12.1 Å². The number of nitrogens with zero attached hydrogens (tertiary/aromatic N) is 3. The molecule has 0 spiro atoms. The second-order valence-corrected chi connectivity index (χ2v) is 7.32. The van der Waals surface area contributed by atoms with Crippen molar-refractivity contribution >= 4 is 29.1 Å². The number of aryl methyl sites for hydroxylation is 1. The summed E-state index contributed by atoms with van der Waals surface area (Å²) in [6.45, 7) is 12.3. The van der Waals surface area contributed by atoms with E-state index in [1.165, 1.54) is 33.3 Å². The Morgan fingerprint density at radius 3 is 2.79 bits per heavy atom. The Morgan fingerprint density at radius 1 is 1.29 bits per heavy atom. The SMILES string of the molecule is C=CCn1c(C)c(C)c2ccnc(N3CCc4ccc(OC)cc4C3C)c21.Cl. The van der Waals surface area contributed by atoms with Crippen LogP contribution in [-0.4, -0.2) is 23.2 Å². The summed E-state index contributed by atoms with van der Waals surface area (Å²) in [5.74, 6) is 1.97. The zero-order valence-electron chi connectivity index (χ0n) is 17.0. The molecule has 0 radical (unpaired) electrons. The number of aromatic nitrogens is 2. The zero-order chi connectivity index (χ0) is 19.1. The van der Waals surface area contributed by atoms with Crippen molar-refractivity contribution in [1.29, 1.82) is 0 Å². The van der Waals surface area contributed by atoms with Crippen molar-refractivity contribution in [2.45, 2.75) is 39.8 Å². The highest BCUT2D eigenvalue weighted by molar-refractivity contribution is 5.93. The number of pyridine rings is 1. The van der Waals surface area contributed by atoms with Gasteiger partial charge in [-0.05, 0) is 62.1 Å². The van der Waals surface area contributed by atoms with Crippen LogP contribution in [0.3, 0.4) is 0 Å². The van der Waals surface area contributed by atoms with Crippen LogP contribution in [0, 0.1) is 13.8 Å². The molecule has 28 heavy (non-hydrogen) atoms. The molecule has 1 aliphatic heterocycles. The van der Waals surface area contributed by atoms with Gasteiger partial charge >= 0.3 is 0 Å². The molecule has 4 rings (SSSR count). The van der Waals surface area contributed by atoms with Gasteiger partial charge in [0, 0.05) is 30.4 Å². The number of hydrogen-bond acceptors (Lipinski definition) is 3. The average Bonchev–Trinajstić information content (AvgIpc) is 2.94. The Bertz CT molecular complexity index is 1020. The summed E-state index contributed by atoms with van der Waals surface area (Å²) in [6.07, 6.45) is 4.92. The van der Waals surface area contributed by atoms with Crippen LogP contribution in [0.25, 0.3) is 10.9 Å². The van der Waals surface area contributed by atoms with Gasteiger partial charge in [-0.15, -0.1) is 19.0 Å². The van der Waals surface area contributed by atoms with Crippen LogP contribution in [0.4, 0.5) is 5.82 Å². The first-order chi connectivity index (χ1) is 13.1. The molecule has 0 saturated heterocycles. The molecule has 1 aromatic carbocycles. The van der Waals surface area contributed by atoms with Crippen LogP contribution in [0.1, 0.15) is 35.3 Å². The van der Waals surface area contributed by atoms with E-state index in [4.69, 9.17) is 9.72 Å². The number of fused-ring (bicyclic) bond motifs is 2. The van der Waals surface area contributed by atoms with E-state index in [0.29, 0.717) is 0 Å². The molecule has 148 valence electrons. The van der Waals surface area contributed by atoms with Gasteiger partial charge in [-0.2, -0.15) is 0 Å². The smallest absolute Gasteiger partial charge is 0.153 e. The molecule has 0 fully saturated rings. The monoisotopic (exact) mass is 397 g/mol. The van der Waals surface area contributed by atoms with Crippen molar-refractivity contribution < 1.29 is 4.74 Å². The number of anilines is 1. The summed E-state index contributed by atoms with van der Waals surface area (Å²) in [4.78, 5) is 7.27. The number of halogens is 1. The maximum Gasteiger partial charge on any atom is 0.153 e. The Labute approximate surface area is 173 Å². The fourth-order valence-electron chi connectivity index (χ4n) is 4.35. The summed E-state index contributed by atoms with van der Waals surface area (Å²) in [6, 6.07) is 8.81. The summed E-state index contributed by atoms with van der Waals surface area (Å²) < 4.78 is 7.80. The highest BCUT2D eigenvalue weighted by atomic mass is 35.5. The fourth-order valence-corrected chi connectivity index (χ4v) is 4.35. The Hall–Kier alpha value is -2.46. The van der Waals surface area contributed by atoms with E-state index in [1.807, 2.05) is 12.3 Å². The van der Waals surface area contributed by atoms with E-state index < -0.39 is 0 Å². The van der Waals surface area contributed by atoms with Crippen molar-refractivity contribution in [3.05, 3.63) is 65.5 Å². The largest absolute Gasteiger partial charge is 0.497 e. The van der Waals surface area contributed by atoms with Gasteiger partial charge in [-0.3, -0.25) is 0 Å². The molecule has 0 bridgehead atoms. The van der Waals surface area contributed by atoms with Crippen LogP contribution in [0.2, 0.25) is 0 Å². The van der Waals surface area contributed by atoms with E-state index in [9.17, 15) is 0 Å². The third kappa shape index (κ3) is 3.06. The van der Waals surface area contributed by atoms with Gasteiger partial charge in [0.15, 0.2) is 5.82 Å². The molecule has 0 aliphatic carbocycles. The molecule has 1 atom stereocenters. The van der Waals surface area contributed by atoms with Crippen LogP contribution >= 0.6 is 12.4 Å². The number of benzene rings is 1. The standard InChI is InChI=1S/C23H27N3O.ClH/c1-6-12-25-16(3)15(2)20-9-11-24-23(22(20)25)26-13-10-18-7-8-19(27-5)14-21(18)17(26)4;/h6-9,11,14,17H,1,10,12-13H2,2-5H3;1H. The van der Waals surface area contributed by atoms with Gasteiger partial charge in [0.25, 0.3) is 0 Å². The summed E-state index contributed by atoms with van der Waals surface area (Å²) in [7, 11) is 1.73. The Morgan fingerprint density at radius 2 is 2.07 bits per heavy atom. The van der Waals surface area contributed by atoms with Crippen molar-refractivity contribution in [2.75, 3.05) is 18.6 Å². The molecule has 5 heteroatoms. The zero-order valence-corrected chi connectivity index (χ0v) is 17.8. The van der Waals surface area contributed by atoms with Crippen LogP contribution in [-0.2, 0) is 13.0 Å². The number of rotatable bonds is 4. The van der Waals surface area contributed by atoms with E-state index in [1.54, 1.807) is 7.11 Å². The highest BCUT2D eigenvalue weighted by Gasteiger charge is 2.28. The quantitative estimate of drug-likeness (QED) is 0.552. The first-order valence-corrected chi connectivity index (χ1v) is 9.55. The molecule has 0 amide bonds. The number of hydrogen-bond donors (Lipinski definition) is 0. The molecule has 0 N–H and O–H groups in total. The molecule has 3 aromatic rings. The van der Waals surface area contributed by atoms with E-state index in [0.717, 1.165) is 31.1 Å². The first-order valence-electron chi connectivity index (χ1n) is 9.55. The third-order valence-electron chi connectivity index (χ3n) is 6.00. The molecule has 3 heterocycles. The molecule has 1 unspecified atom stereocenters. The molecular formula is C23H28ClN3O. The maximum atomic E-state index is 5.46. The van der Waals surface area contributed by atoms with Gasteiger partial charge in [0.05, 0.1) is 18.7 Å². The average molecular weight is 398 g/mol. The van der Waals surface area contributed by atoms with E-state index >= 15 is 0 Å². The third-order valence-corrected chi connectivity index (χ3v) is 6.00. The Kier molecular flexibility index (Phi) is 5.71. The van der Waals surface area contributed by atoms with Gasteiger partial charge < -0.3 is 14.2 Å². The van der Waals surface area contributed by atoms with Gasteiger partial charge in [0.1, 0.15) is 5.75 Å². The van der Waals surface area contributed by atoms with E-state index in [2.05, 4.69) is 61.1 Å². The van der Waals surface area contributed by atoms with Crippen LogP contribution in [0.5, 0.6) is 5.75 Å². The minimum absolute atomic E-state index is 0.